The van der Waals surface area contributed by atoms with E-state index in [1.54, 1.807) is 18.2 Å². The topological polar surface area (TPSA) is 20.3 Å². The molecule has 0 radical (unpaired) electrons. The Morgan fingerprint density at radius 1 is 1.05 bits per heavy atom. The van der Waals surface area contributed by atoms with Crippen LogP contribution in [0.15, 0.2) is 48.5 Å². The Hall–Kier alpha value is -2.16. The standard InChI is InChI=1S/C17H16FNO/c18-16-8-4-3-6-14(16)11-17(20)19-10-9-13-5-1-2-7-15(13)12-19/h1-8H,9-12H2. The summed E-state index contributed by atoms with van der Waals surface area (Å²) in [6.45, 7) is 1.34. The lowest BCUT2D eigenvalue weighted by Gasteiger charge is -2.29. The van der Waals surface area contributed by atoms with Crippen molar-refractivity contribution >= 4 is 5.91 Å². The average Bonchev–Trinajstić information content (AvgIpc) is 2.49. The van der Waals surface area contributed by atoms with E-state index >= 15 is 0 Å². The Kier molecular flexibility index (Phi) is 3.50. The Morgan fingerprint density at radius 3 is 2.55 bits per heavy atom. The minimum atomic E-state index is -0.307. The molecule has 0 saturated carbocycles. The highest BCUT2D eigenvalue weighted by atomic mass is 19.1. The molecule has 0 N–H and O–H groups in total. The average molecular weight is 269 g/mol. The number of hydrogen-bond acceptors (Lipinski definition) is 1. The van der Waals surface area contributed by atoms with Crippen LogP contribution in [0.3, 0.4) is 0 Å². The Bertz CT molecular complexity index is 638. The normalized spacial score (nSPS) is 13.9. The van der Waals surface area contributed by atoms with Gasteiger partial charge in [0.2, 0.25) is 5.91 Å². The molecule has 1 aliphatic rings. The highest BCUT2D eigenvalue weighted by Crippen LogP contribution is 2.19. The molecule has 0 fully saturated rings. The number of benzene rings is 2. The summed E-state index contributed by atoms with van der Waals surface area (Å²) in [5.74, 6) is -0.317. The molecule has 0 aliphatic carbocycles. The van der Waals surface area contributed by atoms with Crippen molar-refractivity contribution in [3.63, 3.8) is 0 Å². The fourth-order valence-corrected chi connectivity index (χ4v) is 2.63. The largest absolute Gasteiger partial charge is 0.338 e. The molecule has 0 atom stereocenters. The quantitative estimate of drug-likeness (QED) is 0.821. The van der Waals surface area contributed by atoms with Crippen molar-refractivity contribution in [2.24, 2.45) is 0 Å². The third-order valence-corrected chi connectivity index (χ3v) is 3.78. The molecule has 3 heteroatoms. The molecule has 102 valence electrons. The zero-order valence-corrected chi connectivity index (χ0v) is 11.2. The van der Waals surface area contributed by atoms with Gasteiger partial charge in [-0.15, -0.1) is 0 Å². The predicted octanol–water partition coefficient (Wildman–Crippen LogP) is 2.95. The number of carbonyl (C=O) groups is 1. The molecule has 3 rings (SSSR count). The van der Waals surface area contributed by atoms with Gasteiger partial charge in [-0.1, -0.05) is 42.5 Å². The second-order valence-electron chi connectivity index (χ2n) is 5.10. The summed E-state index contributed by atoms with van der Waals surface area (Å²) in [6.07, 6.45) is 1.01. The summed E-state index contributed by atoms with van der Waals surface area (Å²) >= 11 is 0. The first-order valence-corrected chi connectivity index (χ1v) is 6.82. The maximum atomic E-state index is 13.6. The molecule has 0 unspecified atom stereocenters. The van der Waals surface area contributed by atoms with Gasteiger partial charge in [0.1, 0.15) is 5.82 Å². The van der Waals surface area contributed by atoms with Gasteiger partial charge in [0.05, 0.1) is 6.42 Å². The van der Waals surface area contributed by atoms with E-state index in [1.807, 2.05) is 17.0 Å². The number of halogens is 1. The van der Waals surface area contributed by atoms with Crippen molar-refractivity contribution in [3.8, 4) is 0 Å². The van der Waals surface area contributed by atoms with E-state index < -0.39 is 0 Å². The summed E-state index contributed by atoms with van der Waals surface area (Å²) in [5.41, 5.74) is 2.97. The van der Waals surface area contributed by atoms with Gasteiger partial charge in [0.25, 0.3) is 0 Å². The van der Waals surface area contributed by atoms with Crippen LogP contribution in [0.1, 0.15) is 16.7 Å². The summed E-state index contributed by atoms with van der Waals surface area (Å²) in [7, 11) is 0. The van der Waals surface area contributed by atoms with Crippen LogP contribution in [0.4, 0.5) is 4.39 Å². The van der Waals surface area contributed by atoms with Crippen molar-refractivity contribution in [2.45, 2.75) is 19.4 Å². The van der Waals surface area contributed by atoms with Crippen molar-refractivity contribution in [2.75, 3.05) is 6.54 Å². The van der Waals surface area contributed by atoms with Crippen LogP contribution < -0.4 is 0 Å². The molecule has 0 aromatic heterocycles. The molecule has 1 heterocycles. The van der Waals surface area contributed by atoms with Crippen LogP contribution in [0, 0.1) is 5.82 Å². The zero-order valence-electron chi connectivity index (χ0n) is 11.2. The van der Waals surface area contributed by atoms with Crippen LogP contribution in [-0.4, -0.2) is 17.4 Å². The lowest BCUT2D eigenvalue weighted by molar-refractivity contribution is -0.131. The fraction of sp³-hybridized carbons (Fsp3) is 0.235. The summed E-state index contributed by atoms with van der Waals surface area (Å²) < 4.78 is 13.6. The van der Waals surface area contributed by atoms with E-state index in [0.717, 1.165) is 6.42 Å². The molecule has 2 aromatic rings. The molecular weight excluding hydrogens is 253 g/mol. The van der Waals surface area contributed by atoms with Gasteiger partial charge in [-0.3, -0.25) is 4.79 Å². The van der Waals surface area contributed by atoms with Crippen LogP contribution in [-0.2, 0) is 24.2 Å². The van der Waals surface area contributed by atoms with E-state index in [9.17, 15) is 9.18 Å². The van der Waals surface area contributed by atoms with Crippen LogP contribution in [0.2, 0.25) is 0 Å². The molecule has 0 bridgehead atoms. The minimum Gasteiger partial charge on any atom is -0.338 e. The molecule has 1 aliphatic heterocycles. The molecule has 0 saturated heterocycles. The molecule has 2 nitrogen and oxygen atoms in total. The number of hydrogen-bond donors (Lipinski definition) is 0. The second kappa shape index (κ2) is 5.45. The summed E-state index contributed by atoms with van der Waals surface area (Å²) in [6, 6.07) is 14.6. The second-order valence-corrected chi connectivity index (χ2v) is 5.10. The van der Waals surface area contributed by atoms with E-state index in [4.69, 9.17) is 0 Å². The van der Waals surface area contributed by atoms with Gasteiger partial charge in [0.15, 0.2) is 0 Å². The Balaban J connectivity index is 1.72. The lowest BCUT2D eigenvalue weighted by Crippen LogP contribution is -2.37. The van der Waals surface area contributed by atoms with Crippen molar-refractivity contribution in [1.29, 1.82) is 0 Å². The first-order valence-electron chi connectivity index (χ1n) is 6.82. The fourth-order valence-electron chi connectivity index (χ4n) is 2.63. The molecule has 20 heavy (non-hydrogen) atoms. The molecule has 2 aromatic carbocycles. The molecule has 1 amide bonds. The first kappa shape index (κ1) is 12.9. The predicted molar refractivity (Wildman–Crippen MR) is 75.7 cm³/mol. The van der Waals surface area contributed by atoms with Gasteiger partial charge >= 0.3 is 0 Å². The summed E-state index contributed by atoms with van der Waals surface area (Å²) in [5, 5.41) is 0. The highest BCUT2D eigenvalue weighted by Gasteiger charge is 2.21. The molecular formula is C17H16FNO. The number of fused-ring (bicyclic) bond motifs is 1. The van der Waals surface area contributed by atoms with E-state index in [0.29, 0.717) is 18.7 Å². The van der Waals surface area contributed by atoms with Gasteiger partial charge in [-0.05, 0) is 29.2 Å². The smallest absolute Gasteiger partial charge is 0.227 e. The number of rotatable bonds is 2. The van der Waals surface area contributed by atoms with Crippen molar-refractivity contribution in [1.82, 2.24) is 4.90 Å². The van der Waals surface area contributed by atoms with Gasteiger partial charge in [0, 0.05) is 13.1 Å². The zero-order chi connectivity index (χ0) is 13.9. The van der Waals surface area contributed by atoms with Crippen LogP contribution in [0.25, 0.3) is 0 Å². The van der Waals surface area contributed by atoms with Gasteiger partial charge < -0.3 is 4.90 Å². The highest BCUT2D eigenvalue weighted by molar-refractivity contribution is 5.79. The van der Waals surface area contributed by atoms with Crippen molar-refractivity contribution < 1.29 is 9.18 Å². The number of amides is 1. The third-order valence-electron chi connectivity index (χ3n) is 3.78. The van der Waals surface area contributed by atoms with E-state index in [1.165, 1.54) is 17.2 Å². The Morgan fingerprint density at radius 2 is 1.75 bits per heavy atom. The van der Waals surface area contributed by atoms with Crippen LogP contribution >= 0.6 is 0 Å². The van der Waals surface area contributed by atoms with E-state index in [2.05, 4.69) is 12.1 Å². The SMILES string of the molecule is O=C(Cc1ccccc1F)N1CCc2ccccc2C1. The molecule has 0 spiro atoms. The monoisotopic (exact) mass is 269 g/mol. The van der Waals surface area contributed by atoms with Crippen LogP contribution in [0.5, 0.6) is 0 Å². The minimum absolute atomic E-state index is 0.00963. The number of nitrogens with zero attached hydrogens (tertiary/aromatic N) is 1. The summed E-state index contributed by atoms with van der Waals surface area (Å²) in [4.78, 5) is 14.1. The first-order chi connectivity index (χ1) is 9.74. The van der Waals surface area contributed by atoms with Crippen molar-refractivity contribution in [3.05, 3.63) is 71.0 Å². The van der Waals surface area contributed by atoms with Gasteiger partial charge in [-0.2, -0.15) is 0 Å². The Labute approximate surface area is 117 Å². The lowest BCUT2D eigenvalue weighted by atomic mass is 9.99. The maximum Gasteiger partial charge on any atom is 0.227 e. The van der Waals surface area contributed by atoms with Gasteiger partial charge in [-0.25, -0.2) is 4.39 Å². The number of carbonyl (C=O) groups excluding carboxylic acids is 1. The van der Waals surface area contributed by atoms with E-state index in [-0.39, 0.29) is 18.1 Å². The third kappa shape index (κ3) is 2.57. The maximum absolute atomic E-state index is 13.6.